The van der Waals surface area contributed by atoms with E-state index in [2.05, 4.69) is 6.08 Å². The van der Waals surface area contributed by atoms with Crippen molar-refractivity contribution in [3.8, 4) is 0 Å². The van der Waals surface area contributed by atoms with Gasteiger partial charge in [0.1, 0.15) is 6.10 Å². The van der Waals surface area contributed by atoms with Crippen LogP contribution < -0.4 is 0 Å². The van der Waals surface area contributed by atoms with Gasteiger partial charge in [0.15, 0.2) is 0 Å². The van der Waals surface area contributed by atoms with E-state index in [1.165, 1.54) is 25.3 Å². The molecule has 0 aromatic carbocycles. The number of hydrogen-bond acceptors (Lipinski definition) is 2. The quantitative estimate of drug-likeness (QED) is 0.465. The van der Waals surface area contributed by atoms with E-state index in [1.807, 2.05) is 0 Å². The van der Waals surface area contributed by atoms with Gasteiger partial charge in [-0.15, -0.1) is 0 Å². The molecular formula is C10H15O2. The van der Waals surface area contributed by atoms with Gasteiger partial charge >= 0.3 is 5.97 Å². The summed E-state index contributed by atoms with van der Waals surface area (Å²) in [6.07, 6.45) is 9.90. The van der Waals surface area contributed by atoms with E-state index < -0.39 is 0 Å². The Morgan fingerprint density at radius 3 is 2.67 bits per heavy atom. The molecule has 0 aromatic heterocycles. The molecule has 0 N–H and O–H groups in total. The summed E-state index contributed by atoms with van der Waals surface area (Å²) in [6.45, 7) is 1.70. The highest BCUT2D eigenvalue weighted by Crippen LogP contribution is 2.20. The van der Waals surface area contributed by atoms with Crippen molar-refractivity contribution < 1.29 is 9.53 Å². The zero-order chi connectivity index (χ0) is 8.81. The molecule has 67 valence electrons. The number of carbonyl (C=O) groups is 1. The van der Waals surface area contributed by atoms with Crippen molar-refractivity contribution in [2.45, 2.75) is 45.1 Å². The minimum atomic E-state index is -0.246. The van der Waals surface area contributed by atoms with Gasteiger partial charge in [0.2, 0.25) is 0 Å². The standard InChI is InChI=1S/C10H15O2/c1-2-6-10(11)12-9-7-4-3-5-8-9/h6,9H,3-5,7-8H2,1H3. The minimum Gasteiger partial charge on any atom is -0.459 e. The largest absolute Gasteiger partial charge is 0.459 e. The molecule has 2 heteroatoms. The number of esters is 1. The second-order valence-electron chi connectivity index (χ2n) is 3.13. The lowest BCUT2D eigenvalue weighted by atomic mass is 9.98. The normalized spacial score (nSPS) is 19.8. The molecule has 0 spiro atoms. The number of ether oxygens (including phenoxy) is 1. The lowest BCUT2D eigenvalue weighted by molar-refractivity contribution is -0.144. The molecule has 1 fully saturated rings. The summed E-state index contributed by atoms with van der Waals surface area (Å²) >= 11 is 0. The molecule has 0 unspecified atom stereocenters. The van der Waals surface area contributed by atoms with Crippen LogP contribution in [-0.2, 0) is 9.53 Å². The van der Waals surface area contributed by atoms with E-state index in [4.69, 9.17) is 4.74 Å². The van der Waals surface area contributed by atoms with Crippen molar-refractivity contribution >= 4 is 5.97 Å². The fraction of sp³-hybridized carbons (Fsp3) is 0.700. The smallest absolute Gasteiger partial charge is 0.331 e. The van der Waals surface area contributed by atoms with Crippen LogP contribution in [0.1, 0.15) is 39.0 Å². The maximum atomic E-state index is 11.0. The summed E-state index contributed by atoms with van der Waals surface area (Å²) in [5.74, 6) is -0.246. The summed E-state index contributed by atoms with van der Waals surface area (Å²) in [6, 6.07) is 0. The van der Waals surface area contributed by atoms with E-state index in [1.54, 1.807) is 6.92 Å². The van der Waals surface area contributed by atoms with E-state index in [9.17, 15) is 4.79 Å². The summed E-state index contributed by atoms with van der Waals surface area (Å²) in [5, 5.41) is 0. The molecule has 1 saturated carbocycles. The van der Waals surface area contributed by atoms with Gasteiger partial charge in [0.05, 0.1) is 0 Å². The molecule has 0 aromatic rings. The number of hydrogen-bond donors (Lipinski definition) is 0. The van der Waals surface area contributed by atoms with Gasteiger partial charge in [0, 0.05) is 6.08 Å². The second-order valence-corrected chi connectivity index (χ2v) is 3.13. The zero-order valence-electron chi connectivity index (χ0n) is 7.51. The van der Waals surface area contributed by atoms with E-state index in [-0.39, 0.29) is 12.1 Å². The van der Waals surface area contributed by atoms with Gasteiger partial charge in [-0.05, 0) is 38.7 Å². The number of allylic oxidation sites excluding steroid dienone is 1. The van der Waals surface area contributed by atoms with Crippen LogP contribution in [0.5, 0.6) is 0 Å². The lowest BCUT2D eigenvalue weighted by Gasteiger charge is -2.20. The highest BCUT2D eigenvalue weighted by molar-refractivity contribution is 5.81. The van der Waals surface area contributed by atoms with Gasteiger partial charge in [0.25, 0.3) is 0 Å². The van der Waals surface area contributed by atoms with Crippen LogP contribution in [0.15, 0.2) is 6.08 Å². The zero-order valence-corrected chi connectivity index (χ0v) is 7.51. The molecule has 0 heterocycles. The third-order valence-corrected chi connectivity index (χ3v) is 2.10. The topological polar surface area (TPSA) is 26.3 Å². The lowest BCUT2D eigenvalue weighted by Crippen LogP contribution is -2.19. The Morgan fingerprint density at radius 1 is 1.42 bits per heavy atom. The van der Waals surface area contributed by atoms with Gasteiger partial charge in [-0.25, -0.2) is 4.79 Å². The Hall–Kier alpha value is -0.790. The van der Waals surface area contributed by atoms with Crippen molar-refractivity contribution in [2.24, 2.45) is 0 Å². The van der Waals surface area contributed by atoms with Crippen molar-refractivity contribution in [1.29, 1.82) is 0 Å². The first-order valence-corrected chi connectivity index (χ1v) is 4.54. The monoisotopic (exact) mass is 167 g/mol. The van der Waals surface area contributed by atoms with Gasteiger partial charge in [-0.1, -0.05) is 6.42 Å². The fourth-order valence-corrected chi connectivity index (χ4v) is 1.50. The maximum Gasteiger partial charge on any atom is 0.331 e. The van der Waals surface area contributed by atoms with Crippen molar-refractivity contribution in [1.82, 2.24) is 0 Å². The Kier molecular flexibility index (Phi) is 3.85. The van der Waals surface area contributed by atoms with Crippen molar-refractivity contribution in [3.05, 3.63) is 12.2 Å². The third kappa shape index (κ3) is 3.07. The van der Waals surface area contributed by atoms with E-state index in [0.717, 1.165) is 12.8 Å². The van der Waals surface area contributed by atoms with Crippen LogP contribution in [0.3, 0.4) is 0 Å². The molecule has 0 atom stereocenters. The average Bonchev–Trinajstić information content (AvgIpc) is 2.06. The number of carbonyl (C=O) groups excluding carboxylic acids is 1. The van der Waals surface area contributed by atoms with Crippen LogP contribution >= 0.6 is 0 Å². The summed E-state index contributed by atoms with van der Waals surface area (Å²) in [4.78, 5) is 11.0. The summed E-state index contributed by atoms with van der Waals surface area (Å²) in [5.41, 5.74) is 0. The predicted octanol–water partition coefficient (Wildman–Crippen LogP) is 2.24. The van der Waals surface area contributed by atoms with Crippen LogP contribution in [0, 0.1) is 6.08 Å². The van der Waals surface area contributed by atoms with E-state index in [0.29, 0.717) is 0 Å². The molecule has 0 saturated heterocycles. The maximum absolute atomic E-state index is 11.0. The minimum absolute atomic E-state index is 0.163. The fourth-order valence-electron chi connectivity index (χ4n) is 1.50. The molecular weight excluding hydrogens is 152 g/mol. The Bertz CT molecular complexity index is 167. The van der Waals surface area contributed by atoms with Crippen molar-refractivity contribution in [2.75, 3.05) is 0 Å². The molecule has 0 amide bonds. The Balaban J connectivity index is 2.24. The highest BCUT2D eigenvalue weighted by Gasteiger charge is 2.15. The van der Waals surface area contributed by atoms with Crippen molar-refractivity contribution in [3.63, 3.8) is 0 Å². The molecule has 0 aliphatic heterocycles. The first-order chi connectivity index (χ1) is 5.83. The van der Waals surface area contributed by atoms with Gasteiger partial charge < -0.3 is 4.74 Å². The highest BCUT2D eigenvalue weighted by atomic mass is 16.5. The molecule has 1 aliphatic rings. The molecule has 1 aliphatic carbocycles. The molecule has 2 nitrogen and oxygen atoms in total. The Morgan fingerprint density at radius 2 is 2.08 bits per heavy atom. The Labute approximate surface area is 73.6 Å². The third-order valence-electron chi connectivity index (χ3n) is 2.10. The molecule has 0 bridgehead atoms. The van der Waals surface area contributed by atoms with Crippen LogP contribution in [0.25, 0.3) is 0 Å². The van der Waals surface area contributed by atoms with Crippen LogP contribution in [0.2, 0.25) is 0 Å². The van der Waals surface area contributed by atoms with Gasteiger partial charge in [-0.3, -0.25) is 0 Å². The first kappa shape index (κ1) is 9.30. The van der Waals surface area contributed by atoms with E-state index >= 15 is 0 Å². The second kappa shape index (κ2) is 4.96. The first-order valence-electron chi connectivity index (χ1n) is 4.54. The predicted molar refractivity (Wildman–Crippen MR) is 46.5 cm³/mol. The molecule has 12 heavy (non-hydrogen) atoms. The number of rotatable bonds is 2. The molecule has 1 radical (unpaired) electrons. The molecule has 1 rings (SSSR count). The average molecular weight is 167 g/mol. The van der Waals surface area contributed by atoms with Crippen LogP contribution in [-0.4, -0.2) is 12.1 Å². The van der Waals surface area contributed by atoms with Crippen LogP contribution in [0.4, 0.5) is 0 Å². The van der Waals surface area contributed by atoms with Gasteiger partial charge in [-0.2, -0.15) is 0 Å². The summed E-state index contributed by atoms with van der Waals surface area (Å²) < 4.78 is 5.17. The SMILES string of the molecule is C/[C]=C/C(=O)OC1CCCCC1. The summed E-state index contributed by atoms with van der Waals surface area (Å²) in [7, 11) is 0.